The number of nitrogens with zero attached hydrogens (tertiary/aromatic N) is 2. The highest BCUT2D eigenvalue weighted by molar-refractivity contribution is 8.09. The first-order valence-electron chi connectivity index (χ1n) is 5.74. The van der Waals surface area contributed by atoms with E-state index in [-0.39, 0.29) is 0 Å². The Kier molecular flexibility index (Phi) is 5.47. The lowest BCUT2D eigenvalue weighted by Crippen LogP contribution is -2.46. The Morgan fingerprint density at radius 3 is 2.47 bits per heavy atom. The third-order valence-corrected chi connectivity index (χ3v) is 3.52. The molecule has 1 rings (SSSR count). The number of piperidine rings is 1. The summed E-state index contributed by atoms with van der Waals surface area (Å²) in [6.07, 6.45) is 3.85. The Morgan fingerprint density at radius 1 is 1.40 bits per heavy atom. The Bertz CT molecular complexity index is 211. The molecule has 0 aromatic carbocycles. The second kappa shape index (κ2) is 6.38. The van der Waals surface area contributed by atoms with Crippen LogP contribution in [0.2, 0.25) is 0 Å². The largest absolute Gasteiger partial charge is 0.344 e. The van der Waals surface area contributed by atoms with Crippen molar-refractivity contribution < 1.29 is 4.18 Å². The van der Waals surface area contributed by atoms with Crippen LogP contribution in [-0.2, 0) is 4.18 Å². The molecule has 2 atom stereocenters. The van der Waals surface area contributed by atoms with Gasteiger partial charge in [-0.1, -0.05) is 0 Å². The molecule has 0 unspecified atom stereocenters. The van der Waals surface area contributed by atoms with Crippen LogP contribution in [0.4, 0.5) is 0 Å². The molecule has 0 N–H and O–H groups in total. The van der Waals surface area contributed by atoms with Crippen molar-refractivity contribution >= 4 is 17.2 Å². The van der Waals surface area contributed by atoms with Crippen LogP contribution in [0.25, 0.3) is 0 Å². The summed E-state index contributed by atoms with van der Waals surface area (Å²) in [6.45, 7) is 7.44. The fourth-order valence-electron chi connectivity index (χ4n) is 2.16. The number of hydrogen-bond acceptors (Lipinski definition) is 3. The molecule has 0 aromatic heterocycles. The summed E-state index contributed by atoms with van der Waals surface area (Å²) in [5.74, 6) is 0. The molecule has 1 aliphatic heterocycles. The van der Waals surface area contributed by atoms with Gasteiger partial charge in [-0.25, -0.2) is 0 Å². The molecule has 1 fully saturated rings. The molecule has 0 spiro atoms. The molecule has 0 aliphatic carbocycles. The van der Waals surface area contributed by atoms with Crippen LogP contribution >= 0.6 is 12.0 Å². The smallest absolute Gasteiger partial charge is 0.187 e. The van der Waals surface area contributed by atoms with Crippen molar-refractivity contribution in [1.29, 1.82) is 0 Å². The fraction of sp³-hybridized carbons (Fsp3) is 0.909. The molecule has 4 heteroatoms. The standard InChI is InChI=1S/C11H22N2OS/c1-5-12-11(15-14-4)13-9(2)7-6-8-10(13)3/h9-10H,5-8H2,1-4H3/t9-,10-/m1/s1. The molecule has 0 bridgehead atoms. The Balaban J connectivity index is 2.74. The van der Waals surface area contributed by atoms with Gasteiger partial charge in [0.25, 0.3) is 0 Å². The third kappa shape index (κ3) is 3.38. The second-order valence-corrected chi connectivity index (χ2v) is 4.91. The number of hydrogen-bond donors (Lipinski definition) is 0. The predicted molar refractivity (Wildman–Crippen MR) is 67.2 cm³/mol. The maximum absolute atomic E-state index is 5.15. The van der Waals surface area contributed by atoms with Crippen LogP contribution in [0, 0.1) is 0 Å². The predicted octanol–water partition coefficient (Wildman–Crippen LogP) is 2.92. The van der Waals surface area contributed by atoms with Gasteiger partial charge >= 0.3 is 0 Å². The normalized spacial score (nSPS) is 28.3. The first-order chi connectivity index (χ1) is 7.20. The van der Waals surface area contributed by atoms with Crippen molar-refractivity contribution in [2.75, 3.05) is 13.7 Å². The molecule has 15 heavy (non-hydrogen) atoms. The summed E-state index contributed by atoms with van der Waals surface area (Å²) < 4.78 is 5.15. The van der Waals surface area contributed by atoms with Crippen molar-refractivity contribution in [3.05, 3.63) is 0 Å². The maximum atomic E-state index is 5.15. The Hall–Kier alpha value is -0.220. The molecule has 0 amide bonds. The van der Waals surface area contributed by atoms with Crippen molar-refractivity contribution in [1.82, 2.24) is 4.90 Å². The molecular formula is C11H22N2OS. The zero-order valence-electron chi connectivity index (χ0n) is 10.2. The quantitative estimate of drug-likeness (QED) is 0.414. The van der Waals surface area contributed by atoms with Crippen LogP contribution in [0.15, 0.2) is 4.99 Å². The zero-order chi connectivity index (χ0) is 11.3. The number of rotatable bonds is 2. The SMILES string of the molecule is CCN=C(SOC)N1[C@H](C)CCC[C@H]1C. The molecular weight excluding hydrogens is 208 g/mol. The second-order valence-electron chi connectivity index (χ2n) is 4.04. The zero-order valence-corrected chi connectivity index (χ0v) is 11.0. The van der Waals surface area contributed by atoms with Gasteiger partial charge in [0.2, 0.25) is 0 Å². The van der Waals surface area contributed by atoms with Gasteiger partial charge < -0.3 is 9.08 Å². The van der Waals surface area contributed by atoms with E-state index in [1.54, 1.807) is 7.11 Å². The van der Waals surface area contributed by atoms with E-state index in [0.29, 0.717) is 12.1 Å². The van der Waals surface area contributed by atoms with E-state index in [1.807, 2.05) is 0 Å². The van der Waals surface area contributed by atoms with Gasteiger partial charge in [0.05, 0.1) is 19.2 Å². The van der Waals surface area contributed by atoms with Crippen molar-refractivity contribution in [3.8, 4) is 0 Å². The minimum atomic E-state index is 0.585. The molecule has 3 nitrogen and oxygen atoms in total. The highest BCUT2D eigenvalue weighted by Gasteiger charge is 2.27. The topological polar surface area (TPSA) is 24.8 Å². The molecule has 1 heterocycles. The van der Waals surface area contributed by atoms with Crippen LogP contribution in [-0.4, -0.2) is 35.8 Å². The summed E-state index contributed by atoms with van der Waals surface area (Å²) in [5.41, 5.74) is 0. The molecule has 1 aliphatic rings. The fourth-order valence-corrected chi connectivity index (χ4v) is 2.94. The highest BCUT2D eigenvalue weighted by atomic mass is 32.2. The lowest BCUT2D eigenvalue weighted by atomic mass is 9.98. The van der Waals surface area contributed by atoms with Gasteiger partial charge in [0.15, 0.2) is 5.17 Å². The number of likely N-dealkylation sites (tertiary alicyclic amines) is 1. The highest BCUT2D eigenvalue weighted by Crippen LogP contribution is 2.26. The van der Waals surface area contributed by atoms with E-state index >= 15 is 0 Å². The average molecular weight is 230 g/mol. The van der Waals surface area contributed by atoms with E-state index in [9.17, 15) is 0 Å². The van der Waals surface area contributed by atoms with Crippen molar-refractivity contribution in [3.63, 3.8) is 0 Å². The van der Waals surface area contributed by atoms with Gasteiger partial charge in [-0.3, -0.25) is 4.99 Å². The van der Waals surface area contributed by atoms with E-state index in [2.05, 4.69) is 30.7 Å². The number of amidine groups is 1. The van der Waals surface area contributed by atoms with E-state index < -0.39 is 0 Å². The van der Waals surface area contributed by atoms with E-state index in [0.717, 1.165) is 11.7 Å². The third-order valence-electron chi connectivity index (χ3n) is 2.87. The molecule has 0 saturated carbocycles. The Morgan fingerprint density at radius 2 is 2.00 bits per heavy atom. The van der Waals surface area contributed by atoms with E-state index in [4.69, 9.17) is 4.18 Å². The minimum absolute atomic E-state index is 0.585. The van der Waals surface area contributed by atoms with Gasteiger partial charge in [0, 0.05) is 18.6 Å². The minimum Gasteiger partial charge on any atom is -0.344 e. The van der Waals surface area contributed by atoms with Crippen LogP contribution in [0.3, 0.4) is 0 Å². The molecule has 1 saturated heterocycles. The van der Waals surface area contributed by atoms with Crippen LogP contribution in [0.1, 0.15) is 40.0 Å². The summed E-state index contributed by atoms with van der Waals surface area (Å²) >= 11 is 1.39. The summed E-state index contributed by atoms with van der Waals surface area (Å²) in [7, 11) is 1.70. The maximum Gasteiger partial charge on any atom is 0.187 e. The summed E-state index contributed by atoms with van der Waals surface area (Å²) in [5, 5.41) is 1.04. The van der Waals surface area contributed by atoms with Crippen molar-refractivity contribution in [2.45, 2.75) is 52.1 Å². The van der Waals surface area contributed by atoms with Gasteiger partial charge in [0.1, 0.15) is 0 Å². The lowest BCUT2D eigenvalue weighted by molar-refractivity contribution is 0.194. The first-order valence-corrected chi connectivity index (χ1v) is 6.48. The van der Waals surface area contributed by atoms with Crippen LogP contribution < -0.4 is 0 Å². The Labute approximate surface area is 97.5 Å². The lowest BCUT2D eigenvalue weighted by Gasteiger charge is -2.40. The van der Waals surface area contributed by atoms with E-state index in [1.165, 1.54) is 31.3 Å². The van der Waals surface area contributed by atoms with Gasteiger partial charge in [-0.2, -0.15) is 0 Å². The molecule has 0 radical (unpaired) electrons. The average Bonchev–Trinajstić information content (AvgIpc) is 2.18. The van der Waals surface area contributed by atoms with Gasteiger partial charge in [-0.15, -0.1) is 0 Å². The van der Waals surface area contributed by atoms with Gasteiger partial charge in [-0.05, 0) is 40.0 Å². The van der Waals surface area contributed by atoms with Crippen LogP contribution in [0.5, 0.6) is 0 Å². The molecule has 0 aromatic rings. The molecule has 88 valence electrons. The summed E-state index contributed by atoms with van der Waals surface area (Å²) in [6, 6.07) is 1.17. The number of aliphatic imine (C=N–C) groups is 1. The first kappa shape index (κ1) is 12.8. The summed E-state index contributed by atoms with van der Waals surface area (Å²) in [4.78, 5) is 6.92. The van der Waals surface area contributed by atoms with Crippen molar-refractivity contribution in [2.24, 2.45) is 4.99 Å². The monoisotopic (exact) mass is 230 g/mol.